The van der Waals surface area contributed by atoms with E-state index in [0.29, 0.717) is 5.12 Å². The molecule has 0 heterocycles. The Kier molecular flexibility index (Phi) is 7.67. The summed E-state index contributed by atoms with van der Waals surface area (Å²) in [6, 6.07) is 0. The second kappa shape index (κ2) is 7.66. The quantitative estimate of drug-likeness (QED) is 0.634. The molecule has 73 valence electrons. The van der Waals surface area contributed by atoms with E-state index < -0.39 is 10.9 Å². The van der Waals surface area contributed by atoms with E-state index in [1.165, 1.54) is 6.42 Å². The van der Waals surface area contributed by atoms with Gasteiger partial charge in [-0.15, -0.1) is 0 Å². The highest BCUT2D eigenvalue weighted by Crippen LogP contribution is 2.27. The first-order valence-electron chi connectivity index (χ1n) is 4.83. The maximum atomic E-state index is 11.4. The van der Waals surface area contributed by atoms with Gasteiger partial charge in [0.15, 0.2) is 5.12 Å². The van der Waals surface area contributed by atoms with Gasteiger partial charge in [-0.05, 0) is 24.9 Å². The number of hydrogen-bond donors (Lipinski definition) is 1. The number of rotatable bonds is 6. The molecule has 0 saturated carbocycles. The Morgan fingerprint density at radius 2 is 1.83 bits per heavy atom. The molecule has 0 spiro atoms. The van der Waals surface area contributed by atoms with Crippen LogP contribution in [-0.4, -0.2) is 10.9 Å². The summed E-state index contributed by atoms with van der Waals surface area (Å²) < 4.78 is 0. The van der Waals surface area contributed by atoms with Crippen LogP contribution < -0.4 is 0 Å². The highest BCUT2D eigenvalue weighted by atomic mass is 32.2. The fourth-order valence-corrected chi connectivity index (χ4v) is 2.38. The largest absolute Gasteiger partial charge is 0.289 e. The summed E-state index contributed by atoms with van der Waals surface area (Å²) in [4.78, 5) is 11.4. The molecule has 0 aliphatic carbocycles. The van der Waals surface area contributed by atoms with E-state index >= 15 is 0 Å². The Hall–Kier alpha value is 0.0200. The minimum atomic E-state index is -0.548. The van der Waals surface area contributed by atoms with Crippen molar-refractivity contribution in [3.63, 3.8) is 0 Å². The molecule has 0 aromatic carbocycles. The molecule has 1 unspecified atom stereocenters. The lowest BCUT2D eigenvalue weighted by atomic mass is 10.3. The fourth-order valence-electron chi connectivity index (χ4n) is 0.960. The lowest BCUT2D eigenvalue weighted by Crippen LogP contribution is -1.99. The number of carbonyl (C=O) groups is 1. The zero-order chi connectivity index (χ0) is 9.40. The first-order valence-corrected chi connectivity index (χ1v) is 6.54. The molecule has 0 aromatic heterocycles. The van der Waals surface area contributed by atoms with E-state index in [9.17, 15) is 4.79 Å². The van der Waals surface area contributed by atoms with Gasteiger partial charge in [0.2, 0.25) is 0 Å². The summed E-state index contributed by atoms with van der Waals surface area (Å²) in [6.45, 7) is 4.27. The molecule has 0 rings (SSSR count). The standard InChI is InChI=1S/C10H21OS/c1-4-6-8-10(11)12(3)9-7-5-2/h12H,3-9H2,1-2H3. The van der Waals surface area contributed by atoms with E-state index in [1.54, 1.807) is 0 Å². The third-order valence-corrected chi connectivity index (χ3v) is 3.66. The lowest BCUT2D eigenvalue weighted by molar-refractivity contribution is -0.111. The zero-order valence-electron chi connectivity index (χ0n) is 8.31. The van der Waals surface area contributed by atoms with Gasteiger partial charge < -0.3 is 0 Å². The Morgan fingerprint density at radius 1 is 1.25 bits per heavy atom. The lowest BCUT2D eigenvalue weighted by Gasteiger charge is -2.12. The molecule has 0 aromatic rings. The molecule has 1 radical (unpaired) electrons. The highest BCUT2D eigenvalue weighted by molar-refractivity contribution is 8.30. The Bertz CT molecular complexity index is 123. The predicted molar refractivity (Wildman–Crippen MR) is 58.7 cm³/mol. The second-order valence-corrected chi connectivity index (χ2v) is 5.14. The Morgan fingerprint density at radius 3 is 2.33 bits per heavy atom. The number of hydrogen-bond acceptors (Lipinski definition) is 1. The van der Waals surface area contributed by atoms with Gasteiger partial charge in [-0.25, -0.2) is 0 Å². The summed E-state index contributed by atoms with van der Waals surface area (Å²) in [5.74, 6) is 1.04. The van der Waals surface area contributed by atoms with Crippen LogP contribution in [0.5, 0.6) is 0 Å². The average molecular weight is 189 g/mol. The highest BCUT2D eigenvalue weighted by Gasteiger charge is 2.06. The molecular weight excluding hydrogens is 168 g/mol. The van der Waals surface area contributed by atoms with Crippen LogP contribution in [0.3, 0.4) is 0 Å². The molecule has 0 amide bonds. The van der Waals surface area contributed by atoms with Crippen molar-refractivity contribution < 1.29 is 4.79 Å². The second-order valence-electron chi connectivity index (χ2n) is 3.11. The first kappa shape index (κ1) is 12.0. The van der Waals surface area contributed by atoms with Gasteiger partial charge in [0.1, 0.15) is 0 Å². The van der Waals surface area contributed by atoms with Crippen molar-refractivity contribution in [2.24, 2.45) is 0 Å². The van der Waals surface area contributed by atoms with E-state index in [2.05, 4.69) is 20.1 Å². The van der Waals surface area contributed by atoms with Crippen molar-refractivity contribution in [2.45, 2.75) is 46.0 Å². The van der Waals surface area contributed by atoms with Crippen LogP contribution in [-0.2, 0) is 4.79 Å². The van der Waals surface area contributed by atoms with Crippen LogP contribution in [0.4, 0.5) is 0 Å². The van der Waals surface area contributed by atoms with E-state index in [1.807, 2.05) is 0 Å². The van der Waals surface area contributed by atoms with Gasteiger partial charge in [-0.2, -0.15) is 10.9 Å². The van der Waals surface area contributed by atoms with Crippen LogP contribution in [0, 0.1) is 6.26 Å². The number of unbranched alkanes of at least 4 members (excludes halogenated alkanes) is 2. The van der Waals surface area contributed by atoms with E-state index in [-0.39, 0.29) is 0 Å². The molecule has 0 aliphatic heterocycles. The monoisotopic (exact) mass is 189 g/mol. The van der Waals surface area contributed by atoms with Gasteiger partial charge in [-0.1, -0.05) is 26.7 Å². The SMILES string of the molecule is [CH2][SH](CCCC)C(=O)CCCC. The molecule has 0 saturated heterocycles. The summed E-state index contributed by atoms with van der Waals surface area (Å²) in [5, 5.41) is 0.417. The topological polar surface area (TPSA) is 17.1 Å². The Balaban J connectivity index is 3.47. The normalized spacial score (nSPS) is 14.4. The molecule has 2 heteroatoms. The predicted octanol–water partition coefficient (Wildman–Crippen LogP) is 3.30. The summed E-state index contributed by atoms with van der Waals surface area (Å²) in [6.07, 6.45) is 9.19. The van der Waals surface area contributed by atoms with E-state index in [0.717, 1.165) is 31.4 Å². The van der Waals surface area contributed by atoms with Crippen molar-refractivity contribution in [1.29, 1.82) is 0 Å². The van der Waals surface area contributed by atoms with Gasteiger partial charge in [0.25, 0.3) is 0 Å². The maximum absolute atomic E-state index is 11.4. The minimum Gasteiger partial charge on any atom is -0.289 e. The van der Waals surface area contributed by atoms with Crippen molar-refractivity contribution >= 4 is 16.0 Å². The van der Waals surface area contributed by atoms with Crippen molar-refractivity contribution in [1.82, 2.24) is 0 Å². The van der Waals surface area contributed by atoms with Crippen LogP contribution in [0.15, 0.2) is 0 Å². The molecule has 0 bridgehead atoms. The number of carbonyl (C=O) groups excluding carboxylic acids is 1. The van der Waals surface area contributed by atoms with Crippen molar-refractivity contribution in [2.75, 3.05) is 5.75 Å². The first-order chi connectivity index (χ1) is 5.72. The maximum Gasteiger partial charge on any atom is 0.169 e. The van der Waals surface area contributed by atoms with Gasteiger partial charge in [0.05, 0.1) is 0 Å². The zero-order valence-corrected chi connectivity index (χ0v) is 9.20. The third-order valence-electron chi connectivity index (χ3n) is 1.88. The molecule has 0 aliphatic rings. The molecule has 0 fully saturated rings. The van der Waals surface area contributed by atoms with Crippen LogP contribution in [0.25, 0.3) is 0 Å². The van der Waals surface area contributed by atoms with Crippen molar-refractivity contribution in [3.8, 4) is 0 Å². The van der Waals surface area contributed by atoms with E-state index in [4.69, 9.17) is 0 Å². The van der Waals surface area contributed by atoms with Gasteiger partial charge >= 0.3 is 0 Å². The summed E-state index contributed by atoms with van der Waals surface area (Å²) in [5.41, 5.74) is 0. The summed E-state index contributed by atoms with van der Waals surface area (Å²) >= 11 is 0. The smallest absolute Gasteiger partial charge is 0.169 e. The third kappa shape index (κ3) is 5.64. The molecule has 12 heavy (non-hydrogen) atoms. The average Bonchev–Trinajstić information content (AvgIpc) is 2.10. The molecule has 1 atom stereocenters. The summed E-state index contributed by atoms with van der Waals surface area (Å²) in [7, 11) is -0.548. The molecule has 0 N–H and O–H groups in total. The fraction of sp³-hybridized carbons (Fsp3) is 0.800. The minimum absolute atomic E-state index is 0.417. The number of thiol groups is 1. The molecular formula is C10H21OS. The van der Waals surface area contributed by atoms with Crippen LogP contribution >= 0.6 is 10.9 Å². The van der Waals surface area contributed by atoms with Crippen molar-refractivity contribution in [3.05, 3.63) is 6.26 Å². The van der Waals surface area contributed by atoms with Gasteiger partial charge in [-0.3, -0.25) is 4.79 Å². The molecule has 1 nitrogen and oxygen atoms in total. The van der Waals surface area contributed by atoms with Gasteiger partial charge in [0, 0.05) is 6.42 Å². The Labute approximate surface area is 79.3 Å². The van der Waals surface area contributed by atoms with Crippen LogP contribution in [0.2, 0.25) is 0 Å². The van der Waals surface area contributed by atoms with Crippen LogP contribution in [0.1, 0.15) is 46.0 Å².